The topological polar surface area (TPSA) is 29.1 Å². The third-order valence-electron chi connectivity index (χ3n) is 2.85. The molecule has 0 saturated carbocycles. The van der Waals surface area contributed by atoms with Gasteiger partial charge in [-0.3, -0.25) is 4.79 Å². The second-order valence-corrected chi connectivity index (χ2v) is 4.72. The van der Waals surface area contributed by atoms with Crippen LogP contribution in [0.2, 0.25) is 0 Å². The number of amides is 1. The van der Waals surface area contributed by atoms with Crippen molar-refractivity contribution in [3.8, 4) is 0 Å². The standard InChI is InChI=1S/C14H21NO/c1-10(2)12-6-5-7-13(11(3)4)14(12)8-15-9-16/h5-7,9-11H,8H2,1-4H3,(H,15,16). The highest BCUT2D eigenvalue weighted by molar-refractivity contribution is 5.48. The van der Waals surface area contributed by atoms with E-state index in [0.717, 1.165) is 6.41 Å². The minimum absolute atomic E-state index is 0.488. The van der Waals surface area contributed by atoms with Crippen molar-refractivity contribution in [2.24, 2.45) is 0 Å². The van der Waals surface area contributed by atoms with Crippen LogP contribution in [0, 0.1) is 0 Å². The number of hydrogen-bond acceptors (Lipinski definition) is 1. The summed E-state index contributed by atoms with van der Waals surface area (Å²) in [7, 11) is 0. The van der Waals surface area contributed by atoms with Crippen molar-refractivity contribution in [1.29, 1.82) is 0 Å². The summed E-state index contributed by atoms with van der Waals surface area (Å²) in [6.45, 7) is 9.37. The SMILES string of the molecule is CC(C)c1cccc(C(C)C)c1CNC=O. The number of rotatable bonds is 5. The summed E-state index contributed by atoms with van der Waals surface area (Å²) >= 11 is 0. The van der Waals surface area contributed by atoms with E-state index in [1.54, 1.807) is 0 Å². The lowest BCUT2D eigenvalue weighted by molar-refractivity contribution is -0.109. The third-order valence-corrected chi connectivity index (χ3v) is 2.85. The molecule has 16 heavy (non-hydrogen) atoms. The Bertz CT molecular complexity index is 330. The minimum Gasteiger partial charge on any atom is -0.355 e. The number of nitrogens with one attached hydrogen (secondary N) is 1. The fourth-order valence-corrected chi connectivity index (χ4v) is 2.05. The van der Waals surface area contributed by atoms with E-state index in [4.69, 9.17) is 0 Å². The molecule has 0 aliphatic rings. The van der Waals surface area contributed by atoms with Crippen molar-refractivity contribution in [2.75, 3.05) is 0 Å². The number of benzene rings is 1. The van der Waals surface area contributed by atoms with E-state index in [1.165, 1.54) is 16.7 Å². The van der Waals surface area contributed by atoms with Gasteiger partial charge in [-0.25, -0.2) is 0 Å². The first-order valence-corrected chi connectivity index (χ1v) is 5.86. The molecular formula is C14H21NO. The maximum absolute atomic E-state index is 10.4. The molecule has 0 aliphatic carbocycles. The summed E-state index contributed by atoms with van der Waals surface area (Å²) in [6.07, 6.45) is 0.765. The molecule has 1 aromatic rings. The summed E-state index contributed by atoms with van der Waals surface area (Å²) in [5, 5.41) is 2.77. The Labute approximate surface area is 98.1 Å². The molecule has 0 spiro atoms. The fourth-order valence-electron chi connectivity index (χ4n) is 2.05. The molecule has 2 nitrogen and oxygen atoms in total. The van der Waals surface area contributed by atoms with Gasteiger partial charge in [-0.1, -0.05) is 45.9 Å². The zero-order valence-corrected chi connectivity index (χ0v) is 10.6. The van der Waals surface area contributed by atoms with Gasteiger partial charge in [-0.05, 0) is 28.5 Å². The molecule has 88 valence electrons. The Morgan fingerprint density at radius 3 is 2.00 bits per heavy atom. The quantitative estimate of drug-likeness (QED) is 0.757. The van der Waals surface area contributed by atoms with Crippen molar-refractivity contribution in [3.63, 3.8) is 0 Å². The fraction of sp³-hybridized carbons (Fsp3) is 0.500. The van der Waals surface area contributed by atoms with Crippen molar-refractivity contribution in [3.05, 3.63) is 34.9 Å². The maximum atomic E-state index is 10.4. The predicted octanol–water partition coefficient (Wildman–Crippen LogP) is 3.18. The molecule has 1 aromatic carbocycles. The van der Waals surface area contributed by atoms with E-state index in [2.05, 4.69) is 51.2 Å². The van der Waals surface area contributed by atoms with E-state index in [9.17, 15) is 4.79 Å². The molecule has 0 fully saturated rings. The van der Waals surface area contributed by atoms with Crippen LogP contribution in [0.15, 0.2) is 18.2 Å². The molecule has 1 rings (SSSR count). The second-order valence-electron chi connectivity index (χ2n) is 4.72. The van der Waals surface area contributed by atoms with E-state index in [0.29, 0.717) is 18.4 Å². The first-order valence-electron chi connectivity index (χ1n) is 5.86. The minimum atomic E-state index is 0.488. The highest BCUT2D eigenvalue weighted by Gasteiger charge is 2.12. The number of carbonyl (C=O) groups excluding carboxylic acids is 1. The normalized spacial score (nSPS) is 10.9. The van der Waals surface area contributed by atoms with E-state index in [-0.39, 0.29) is 0 Å². The van der Waals surface area contributed by atoms with Gasteiger partial charge in [-0.2, -0.15) is 0 Å². The highest BCUT2D eigenvalue weighted by atomic mass is 16.1. The lowest BCUT2D eigenvalue weighted by Crippen LogP contribution is -2.14. The number of hydrogen-bond donors (Lipinski definition) is 1. The van der Waals surface area contributed by atoms with E-state index < -0.39 is 0 Å². The van der Waals surface area contributed by atoms with Gasteiger partial charge in [0.25, 0.3) is 0 Å². The van der Waals surface area contributed by atoms with Crippen molar-refractivity contribution in [2.45, 2.75) is 46.1 Å². The predicted molar refractivity (Wildman–Crippen MR) is 67.5 cm³/mol. The van der Waals surface area contributed by atoms with Crippen LogP contribution in [0.4, 0.5) is 0 Å². The molecule has 0 heterocycles. The Morgan fingerprint density at radius 2 is 1.62 bits per heavy atom. The van der Waals surface area contributed by atoms with Crippen LogP contribution in [0.25, 0.3) is 0 Å². The first-order chi connectivity index (χ1) is 7.57. The second kappa shape index (κ2) is 5.69. The van der Waals surface area contributed by atoms with Crippen LogP contribution in [0.3, 0.4) is 0 Å². The maximum Gasteiger partial charge on any atom is 0.207 e. The molecule has 0 radical (unpaired) electrons. The molecular weight excluding hydrogens is 198 g/mol. The molecule has 0 aromatic heterocycles. The summed E-state index contributed by atoms with van der Waals surface area (Å²) in [5.41, 5.74) is 3.95. The molecule has 0 saturated heterocycles. The lowest BCUT2D eigenvalue weighted by atomic mass is 9.89. The third kappa shape index (κ3) is 2.84. The molecule has 1 N–H and O–H groups in total. The van der Waals surface area contributed by atoms with Crippen LogP contribution < -0.4 is 5.32 Å². The van der Waals surface area contributed by atoms with E-state index in [1.807, 2.05) is 0 Å². The van der Waals surface area contributed by atoms with Gasteiger partial charge >= 0.3 is 0 Å². The smallest absolute Gasteiger partial charge is 0.207 e. The van der Waals surface area contributed by atoms with Crippen molar-refractivity contribution < 1.29 is 4.79 Å². The van der Waals surface area contributed by atoms with Gasteiger partial charge in [0, 0.05) is 6.54 Å². The van der Waals surface area contributed by atoms with Crippen LogP contribution in [-0.4, -0.2) is 6.41 Å². The highest BCUT2D eigenvalue weighted by Crippen LogP contribution is 2.27. The molecule has 0 aliphatic heterocycles. The summed E-state index contributed by atoms with van der Waals surface area (Å²) in [6, 6.07) is 6.41. The molecule has 0 bridgehead atoms. The van der Waals surface area contributed by atoms with Crippen molar-refractivity contribution in [1.82, 2.24) is 5.32 Å². The van der Waals surface area contributed by atoms with Crippen LogP contribution in [0.1, 0.15) is 56.2 Å². The Balaban J connectivity index is 3.17. The Kier molecular flexibility index (Phi) is 4.53. The van der Waals surface area contributed by atoms with Gasteiger partial charge in [0.15, 0.2) is 0 Å². The van der Waals surface area contributed by atoms with Crippen LogP contribution >= 0.6 is 0 Å². The molecule has 1 amide bonds. The monoisotopic (exact) mass is 219 g/mol. The summed E-state index contributed by atoms with van der Waals surface area (Å²) in [4.78, 5) is 10.4. The molecule has 2 heteroatoms. The van der Waals surface area contributed by atoms with Gasteiger partial charge in [0.1, 0.15) is 0 Å². The van der Waals surface area contributed by atoms with Crippen LogP contribution in [0.5, 0.6) is 0 Å². The van der Waals surface area contributed by atoms with Gasteiger partial charge < -0.3 is 5.32 Å². The molecule has 0 atom stereocenters. The summed E-state index contributed by atoms with van der Waals surface area (Å²) < 4.78 is 0. The first kappa shape index (κ1) is 12.8. The zero-order chi connectivity index (χ0) is 12.1. The molecule has 0 unspecified atom stereocenters. The van der Waals surface area contributed by atoms with Gasteiger partial charge in [0.05, 0.1) is 0 Å². The zero-order valence-electron chi connectivity index (χ0n) is 10.6. The Morgan fingerprint density at radius 1 is 1.12 bits per heavy atom. The lowest BCUT2D eigenvalue weighted by Gasteiger charge is -2.19. The van der Waals surface area contributed by atoms with Gasteiger partial charge in [-0.15, -0.1) is 0 Å². The van der Waals surface area contributed by atoms with Crippen molar-refractivity contribution >= 4 is 6.41 Å². The Hall–Kier alpha value is -1.31. The summed E-state index contributed by atoms with van der Waals surface area (Å²) in [5.74, 6) is 0.976. The largest absolute Gasteiger partial charge is 0.355 e. The number of carbonyl (C=O) groups is 1. The van der Waals surface area contributed by atoms with Crippen LogP contribution in [-0.2, 0) is 11.3 Å². The van der Waals surface area contributed by atoms with E-state index >= 15 is 0 Å². The van der Waals surface area contributed by atoms with Gasteiger partial charge in [0.2, 0.25) is 6.41 Å². The average molecular weight is 219 g/mol. The average Bonchev–Trinajstić information content (AvgIpc) is 2.25.